The van der Waals surface area contributed by atoms with Crippen molar-refractivity contribution in [3.63, 3.8) is 0 Å². The van der Waals surface area contributed by atoms with Crippen LogP contribution in [0.25, 0.3) is 0 Å². The molecule has 0 saturated carbocycles. The molecule has 0 fully saturated rings. The largest absolute Gasteiger partial charge is 0.379 e. The Bertz CT molecular complexity index is 830. The van der Waals surface area contributed by atoms with Crippen molar-refractivity contribution in [3.8, 4) is 0 Å². The number of amides is 2. The highest BCUT2D eigenvalue weighted by Crippen LogP contribution is 2.39. The van der Waals surface area contributed by atoms with E-state index in [9.17, 15) is 9.59 Å². The molecule has 1 aliphatic carbocycles. The van der Waals surface area contributed by atoms with Crippen molar-refractivity contribution >= 4 is 54.3 Å². The maximum Gasteiger partial charge on any atom is 0.252 e. The van der Waals surface area contributed by atoms with Crippen LogP contribution in [0.2, 0.25) is 10.0 Å². The van der Waals surface area contributed by atoms with Crippen LogP contribution in [-0.4, -0.2) is 37.5 Å². The van der Waals surface area contributed by atoms with Gasteiger partial charge in [0.1, 0.15) is 0 Å². The van der Waals surface area contributed by atoms with E-state index in [1.165, 1.54) is 6.42 Å². The molecule has 2 rings (SSSR count). The Morgan fingerprint density at radius 2 is 1.69 bits per heavy atom. The van der Waals surface area contributed by atoms with E-state index in [2.05, 4.69) is 36.5 Å². The number of hydrogen-bond donors (Lipinski definition) is 3. The van der Waals surface area contributed by atoms with Crippen LogP contribution in [0.1, 0.15) is 65.2 Å². The van der Waals surface area contributed by atoms with Gasteiger partial charge in [0.05, 0.1) is 21.4 Å². The predicted octanol–water partition coefficient (Wildman–Crippen LogP) is 7.00. The first-order valence-electron chi connectivity index (χ1n) is 11.6. The Morgan fingerprint density at radius 3 is 2.34 bits per heavy atom. The first kappa shape index (κ1) is 27.0. The van der Waals surface area contributed by atoms with E-state index < -0.39 is 0 Å². The number of hydrogen-bond acceptors (Lipinski definition) is 3. The maximum absolute atomic E-state index is 13.1. The van der Waals surface area contributed by atoms with E-state index in [0.717, 1.165) is 44.6 Å². The Labute approximate surface area is 203 Å². The van der Waals surface area contributed by atoms with Crippen LogP contribution in [0.4, 0.5) is 11.4 Å². The molecule has 32 heavy (non-hydrogen) atoms. The van der Waals surface area contributed by atoms with E-state index in [-0.39, 0.29) is 19.7 Å². The molecule has 1 aromatic rings. The Morgan fingerprint density at radius 1 is 1.00 bits per heavy atom. The fourth-order valence-corrected chi connectivity index (χ4v) is 4.80. The maximum atomic E-state index is 13.1. The molecule has 0 bridgehead atoms. The van der Waals surface area contributed by atoms with E-state index >= 15 is 0 Å². The minimum atomic E-state index is -0.262. The molecule has 0 saturated heterocycles. The summed E-state index contributed by atoms with van der Waals surface area (Å²) >= 11 is 12.9. The number of carbonyl (C=O) groups excluding carboxylic acids is 2. The number of rotatable bonds is 12. The van der Waals surface area contributed by atoms with Gasteiger partial charge in [-0.1, -0.05) is 64.2 Å². The summed E-state index contributed by atoms with van der Waals surface area (Å²) in [5.74, 6) is -0.380. The summed E-state index contributed by atoms with van der Waals surface area (Å²) in [6.45, 7) is 7.17. The second kappa shape index (κ2) is 14.1. The molecule has 1 atom stereocenters. The van der Waals surface area contributed by atoms with Crippen LogP contribution in [0.5, 0.6) is 0 Å². The second-order valence-corrected chi connectivity index (χ2v) is 11.7. The fraction of sp³-hybridized carbons (Fsp3) is 0.583. The molecule has 178 valence electrons. The number of unbranched alkanes of at least 4 members (excludes halogenated alkanes) is 3. The normalized spacial score (nSPS) is 14.8. The zero-order chi connectivity index (χ0) is 23.5. The van der Waals surface area contributed by atoms with Crippen molar-refractivity contribution < 1.29 is 9.59 Å². The first-order chi connectivity index (χ1) is 15.4. The molecular formula is C24H36Cl2N3O2P. The third-order valence-electron chi connectivity index (χ3n) is 5.74. The highest BCUT2D eigenvalue weighted by Gasteiger charge is 2.24. The Hall–Kier alpha value is -1.29. The topological polar surface area (TPSA) is 70.2 Å². The van der Waals surface area contributed by atoms with Crippen molar-refractivity contribution in [2.75, 3.05) is 36.3 Å². The van der Waals surface area contributed by atoms with Gasteiger partial charge in [0.15, 0.2) is 0 Å². The molecule has 0 aliphatic heterocycles. The average Bonchev–Trinajstić information content (AvgIpc) is 2.80. The highest BCUT2D eigenvalue weighted by atomic mass is 35.5. The number of carbonyl (C=O) groups is 2. The van der Waals surface area contributed by atoms with Gasteiger partial charge >= 0.3 is 0 Å². The lowest BCUT2D eigenvalue weighted by molar-refractivity contribution is -0.119. The van der Waals surface area contributed by atoms with Gasteiger partial charge in [0.25, 0.3) is 5.91 Å². The molecule has 1 aliphatic rings. The van der Waals surface area contributed by atoms with Gasteiger partial charge in [-0.05, 0) is 57.1 Å². The molecule has 0 spiro atoms. The fourth-order valence-electron chi connectivity index (χ4n) is 3.60. The third kappa shape index (κ3) is 7.93. The number of halogens is 2. The summed E-state index contributed by atoms with van der Waals surface area (Å²) in [7, 11) is -0.153. The van der Waals surface area contributed by atoms with E-state index in [1.54, 1.807) is 12.1 Å². The summed E-state index contributed by atoms with van der Waals surface area (Å²) in [6.07, 6.45) is 9.34. The quantitative estimate of drug-likeness (QED) is 0.214. The second-order valence-electron chi connectivity index (χ2n) is 8.23. The van der Waals surface area contributed by atoms with Gasteiger partial charge in [0.2, 0.25) is 5.91 Å². The van der Waals surface area contributed by atoms with Crippen LogP contribution in [0, 0.1) is 0 Å². The summed E-state index contributed by atoms with van der Waals surface area (Å²) in [5, 5.41) is 10.1. The molecule has 8 heteroatoms. The summed E-state index contributed by atoms with van der Waals surface area (Å²) in [6, 6.07) is 3.44. The van der Waals surface area contributed by atoms with E-state index in [4.69, 9.17) is 23.2 Å². The molecule has 0 aromatic heterocycles. The minimum Gasteiger partial charge on any atom is -0.379 e. The van der Waals surface area contributed by atoms with Gasteiger partial charge in [-0.25, -0.2) is 0 Å². The first-order valence-corrected chi connectivity index (χ1v) is 14.5. The van der Waals surface area contributed by atoms with Gasteiger partial charge in [0, 0.05) is 24.0 Å². The summed E-state index contributed by atoms with van der Waals surface area (Å²) in [4.78, 5) is 25.8. The smallest absolute Gasteiger partial charge is 0.252 e. The third-order valence-corrected chi connectivity index (χ3v) is 8.22. The monoisotopic (exact) mass is 499 g/mol. The highest BCUT2D eigenvalue weighted by molar-refractivity contribution is 7.56. The van der Waals surface area contributed by atoms with Gasteiger partial charge < -0.3 is 16.0 Å². The zero-order valence-electron chi connectivity index (χ0n) is 19.5. The zero-order valence-corrected chi connectivity index (χ0v) is 21.9. The molecule has 0 heterocycles. The van der Waals surface area contributed by atoms with Crippen LogP contribution in [0.15, 0.2) is 23.3 Å². The lowest BCUT2D eigenvalue weighted by atomic mass is 9.90. The van der Waals surface area contributed by atoms with Crippen molar-refractivity contribution in [2.45, 2.75) is 65.2 Å². The Kier molecular flexibility index (Phi) is 11.9. The molecular weight excluding hydrogens is 464 g/mol. The van der Waals surface area contributed by atoms with Crippen molar-refractivity contribution in [3.05, 3.63) is 33.3 Å². The molecule has 3 N–H and O–H groups in total. The van der Waals surface area contributed by atoms with E-state index in [1.807, 2.05) is 0 Å². The van der Waals surface area contributed by atoms with Crippen molar-refractivity contribution in [2.24, 2.45) is 0 Å². The molecule has 1 unspecified atom stereocenters. The SMILES string of the molecule is CCCCCCNC(=O)C1=C(C(=O)Nc2ccc(Cl)c(NCP(C)CC)c2Cl)CCCC1. The van der Waals surface area contributed by atoms with Crippen LogP contribution < -0.4 is 16.0 Å². The van der Waals surface area contributed by atoms with Gasteiger partial charge in [-0.2, -0.15) is 0 Å². The van der Waals surface area contributed by atoms with Crippen LogP contribution >= 0.6 is 31.1 Å². The van der Waals surface area contributed by atoms with Crippen molar-refractivity contribution in [1.82, 2.24) is 5.32 Å². The van der Waals surface area contributed by atoms with Crippen LogP contribution in [0.3, 0.4) is 0 Å². The number of anilines is 2. The average molecular weight is 500 g/mol. The summed E-state index contributed by atoms with van der Waals surface area (Å²) in [5.41, 5.74) is 2.30. The Balaban J connectivity index is 2.12. The minimum absolute atomic E-state index is 0.119. The molecule has 2 amide bonds. The van der Waals surface area contributed by atoms with Gasteiger partial charge in [-0.15, -0.1) is 0 Å². The molecule has 0 radical (unpaired) electrons. The lowest BCUT2D eigenvalue weighted by Gasteiger charge is -2.21. The predicted molar refractivity (Wildman–Crippen MR) is 140 cm³/mol. The van der Waals surface area contributed by atoms with Crippen LogP contribution in [-0.2, 0) is 9.59 Å². The van der Waals surface area contributed by atoms with Gasteiger partial charge in [-0.3, -0.25) is 9.59 Å². The molecule has 5 nitrogen and oxygen atoms in total. The molecule has 1 aromatic carbocycles. The summed E-state index contributed by atoms with van der Waals surface area (Å²) < 4.78 is 0. The van der Waals surface area contributed by atoms with E-state index in [0.29, 0.717) is 52.0 Å². The lowest BCUT2D eigenvalue weighted by Crippen LogP contribution is -2.30. The van der Waals surface area contributed by atoms with Crippen molar-refractivity contribution in [1.29, 1.82) is 0 Å². The number of nitrogens with one attached hydrogen (secondary N) is 3. The number of benzene rings is 1. The standard InChI is InChI=1S/C24H36Cl2N3O2P/c1-4-6-7-10-15-27-23(30)17-11-8-9-12-18(17)24(31)29-20-14-13-19(25)22(21(20)26)28-16-32(3)5-2/h13-14,28H,4-12,15-16H2,1-3H3,(H,27,30)(H,29,31).